The Labute approximate surface area is 311 Å². The van der Waals surface area contributed by atoms with Crippen molar-refractivity contribution in [3.8, 4) is 78.9 Å². The van der Waals surface area contributed by atoms with Gasteiger partial charge in [-0.25, -0.2) is 0 Å². The molecule has 0 amide bonds. The van der Waals surface area contributed by atoms with E-state index in [1.807, 2.05) is 36.4 Å². The summed E-state index contributed by atoms with van der Waals surface area (Å²) in [6.07, 6.45) is 0. The number of rotatable bonds is 2. The van der Waals surface area contributed by atoms with Crippen molar-refractivity contribution in [1.82, 2.24) is 0 Å². The molecule has 0 radical (unpaired) electrons. The smallest absolute Gasteiger partial charge is 0.0998 e. The zero-order chi connectivity index (χ0) is 35.7. The Morgan fingerprint density at radius 2 is 0.722 bits per heavy atom. The van der Waals surface area contributed by atoms with Gasteiger partial charge in [0.25, 0.3) is 0 Å². The third-order valence-corrected chi connectivity index (χ3v) is 12.0. The topological polar surface area (TPSA) is 47.6 Å². The van der Waals surface area contributed by atoms with Gasteiger partial charge in [-0.15, -0.1) is 0 Å². The molecule has 12 rings (SSSR count). The zero-order valence-electron chi connectivity index (χ0n) is 28.9. The van der Waals surface area contributed by atoms with Crippen LogP contribution in [-0.4, -0.2) is 0 Å². The van der Waals surface area contributed by atoms with Gasteiger partial charge in [0, 0.05) is 11.1 Å². The van der Waals surface area contributed by atoms with Crippen molar-refractivity contribution >= 4 is 53.9 Å². The standard InChI is InChI=1S/C52H26N2/c53-27-31-9-1-3-15-33(31)41-23-42-35(43-24-44-36-17-5-11-29-12-6-18-37(49(29)36)45(44)25-47(41)43)21-22-39-46(42)26-48-38-19-7-13-30-14-8-20-40(50(30)38)52(48)51(39)34-16-4-2-10-32(34)28-54/h1-26H. The molecule has 0 heterocycles. The molecule has 0 saturated heterocycles. The Morgan fingerprint density at radius 1 is 0.278 bits per heavy atom. The van der Waals surface area contributed by atoms with Crippen molar-refractivity contribution in [3.05, 3.63) is 169 Å². The number of fused-ring (bicyclic) bond motifs is 11. The van der Waals surface area contributed by atoms with E-state index >= 15 is 0 Å². The maximum absolute atomic E-state index is 10.4. The SMILES string of the molecule is N#Cc1ccccc1-c1cc2c3cc4c(c(-c5ccccc5C#N)c3ccc2c2cc3c(cc12)-c1cccc2cccc-3c12)-c1cccc2cccc-4c12. The molecule has 0 aromatic heterocycles. The third kappa shape index (κ3) is 3.66. The van der Waals surface area contributed by atoms with Crippen molar-refractivity contribution < 1.29 is 0 Å². The second kappa shape index (κ2) is 10.5. The van der Waals surface area contributed by atoms with Gasteiger partial charge in [-0.3, -0.25) is 0 Å². The Bertz CT molecular complexity index is 3450. The lowest BCUT2D eigenvalue weighted by Crippen LogP contribution is -1.94. The largest absolute Gasteiger partial charge is 0.192 e. The van der Waals surface area contributed by atoms with Crippen molar-refractivity contribution in [2.45, 2.75) is 0 Å². The highest BCUT2D eigenvalue weighted by atomic mass is 14.3. The molecule has 0 atom stereocenters. The number of nitriles is 2. The summed E-state index contributed by atoms with van der Waals surface area (Å²) < 4.78 is 0. The highest BCUT2D eigenvalue weighted by molar-refractivity contribution is 6.30. The minimum absolute atomic E-state index is 0.649. The van der Waals surface area contributed by atoms with E-state index in [1.54, 1.807) is 0 Å². The van der Waals surface area contributed by atoms with Gasteiger partial charge in [-0.05, 0) is 146 Å². The fraction of sp³-hybridized carbons (Fsp3) is 0. The molecule has 0 bridgehead atoms. The highest BCUT2D eigenvalue weighted by Crippen LogP contribution is 2.56. The van der Waals surface area contributed by atoms with E-state index in [0.29, 0.717) is 11.1 Å². The summed E-state index contributed by atoms with van der Waals surface area (Å²) >= 11 is 0. The molecule has 2 aliphatic rings. The van der Waals surface area contributed by atoms with Crippen LogP contribution in [0.2, 0.25) is 0 Å². The van der Waals surface area contributed by atoms with Crippen LogP contribution in [0.25, 0.3) is 121 Å². The fourth-order valence-corrected chi connectivity index (χ4v) is 9.77. The monoisotopic (exact) mass is 678 g/mol. The Kier molecular flexibility index (Phi) is 5.67. The summed E-state index contributed by atoms with van der Waals surface area (Å²) in [5.74, 6) is 0. The lowest BCUT2D eigenvalue weighted by Gasteiger charge is -2.20. The Morgan fingerprint density at radius 3 is 1.39 bits per heavy atom. The van der Waals surface area contributed by atoms with E-state index in [2.05, 4.69) is 133 Å². The van der Waals surface area contributed by atoms with Gasteiger partial charge in [0.2, 0.25) is 0 Å². The highest BCUT2D eigenvalue weighted by Gasteiger charge is 2.29. The third-order valence-electron chi connectivity index (χ3n) is 12.0. The second-order valence-electron chi connectivity index (χ2n) is 14.5. The molecule has 2 aliphatic carbocycles. The van der Waals surface area contributed by atoms with Gasteiger partial charge in [0.1, 0.15) is 0 Å². The van der Waals surface area contributed by atoms with Crippen LogP contribution >= 0.6 is 0 Å². The zero-order valence-corrected chi connectivity index (χ0v) is 28.9. The van der Waals surface area contributed by atoms with E-state index in [0.717, 1.165) is 54.6 Å². The normalized spacial score (nSPS) is 12.0. The summed E-state index contributed by atoms with van der Waals surface area (Å²) in [5.41, 5.74) is 15.0. The number of nitrogens with zero attached hydrogens (tertiary/aromatic N) is 2. The van der Waals surface area contributed by atoms with E-state index in [1.165, 1.54) is 66.1 Å². The van der Waals surface area contributed by atoms with Gasteiger partial charge in [-0.1, -0.05) is 121 Å². The van der Waals surface area contributed by atoms with Crippen LogP contribution in [-0.2, 0) is 0 Å². The van der Waals surface area contributed by atoms with Gasteiger partial charge in [0.15, 0.2) is 0 Å². The van der Waals surface area contributed by atoms with Crippen molar-refractivity contribution in [2.75, 3.05) is 0 Å². The molecule has 0 aliphatic heterocycles. The summed E-state index contributed by atoms with van der Waals surface area (Å²) in [5, 5.41) is 32.7. The first kappa shape index (κ1) is 29.1. The van der Waals surface area contributed by atoms with Crippen LogP contribution in [0.1, 0.15) is 11.1 Å². The van der Waals surface area contributed by atoms with Crippen LogP contribution in [0, 0.1) is 22.7 Å². The number of hydrogen-bond acceptors (Lipinski definition) is 2. The average molecular weight is 679 g/mol. The molecule has 0 saturated carbocycles. The average Bonchev–Trinajstić information content (AvgIpc) is 3.72. The first-order valence-electron chi connectivity index (χ1n) is 18.3. The molecular weight excluding hydrogens is 653 g/mol. The molecule has 10 aromatic carbocycles. The number of benzene rings is 10. The molecule has 0 fully saturated rings. The predicted octanol–water partition coefficient (Wildman–Crippen LogP) is 13.8. The first-order valence-corrected chi connectivity index (χ1v) is 18.3. The predicted molar refractivity (Wildman–Crippen MR) is 223 cm³/mol. The molecule has 0 spiro atoms. The van der Waals surface area contributed by atoms with Gasteiger partial charge < -0.3 is 0 Å². The minimum Gasteiger partial charge on any atom is -0.192 e. The first-order chi connectivity index (χ1) is 26.7. The molecule has 0 unspecified atom stereocenters. The lowest BCUT2D eigenvalue weighted by molar-refractivity contribution is 1.48. The summed E-state index contributed by atoms with van der Waals surface area (Å²) in [7, 11) is 0. The molecule has 2 nitrogen and oxygen atoms in total. The molecule has 244 valence electrons. The van der Waals surface area contributed by atoms with Crippen molar-refractivity contribution in [1.29, 1.82) is 10.5 Å². The van der Waals surface area contributed by atoms with Crippen molar-refractivity contribution in [3.63, 3.8) is 0 Å². The second-order valence-corrected chi connectivity index (χ2v) is 14.5. The van der Waals surface area contributed by atoms with E-state index in [9.17, 15) is 10.5 Å². The molecular formula is C52H26N2. The Balaban J connectivity index is 1.28. The van der Waals surface area contributed by atoms with E-state index < -0.39 is 0 Å². The van der Waals surface area contributed by atoms with Crippen LogP contribution < -0.4 is 0 Å². The quantitative estimate of drug-likeness (QED) is 0.171. The van der Waals surface area contributed by atoms with Crippen LogP contribution in [0.3, 0.4) is 0 Å². The van der Waals surface area contributed by atoms with Gasteiger partial charge >= 0.3 is 0 Å². The van der Waals surface area contributed by atoms with E-state index in [4.69, 9.17) is 0 Å². The van der Waals surface area contributed by atoms with Crippen molar-refractivity contribution in [2.24, 2.45) is 0 Å². The molecule has 0 N–H and O–H groups in total. The van der Waals surface area contributed by atoms with E-state index in [-0.39, 0.29) is 0 Å². The summed E-state index contributed by atoms with van der Waals surface area (Å²) in [6.45, 7) is 0. The maximum Gasteiger partial charge on any atom is 0.0998 e. The van der Waals surface area contributed by atoms with Gasteiger partial charge in [0.05, 0.1) is 23.3 Å². The van der Waals surface area contributed by atoms with Crippen LogP contribution in [0.5, 0.6) is 0 Å². The van der Waals surface area contributed by atoms with Gasteiger partial charge in [-0.2, -0.15) is 10.5 Å². The summed E-state index contributed by atoms with van der Waals surface area (Å²) in [6, 6.07) is 61.3. The molecule has 2 heteroatoms. The molecule has 10 aromatic rings. The maximum atomic E-state index is 10.4. The number of hydrogen-bond donors (Lipinski definition) is 0. The Hall–Kier alpha value is -7.52. The van der Waals surface area contributed by atoms with Crippen LogP contribution in [0.4, 0.5) is 0 Å². The lowest BCUT2D eigenvalue weighted by atomic mass is 9.83. The fourth-order valence-electron chi connectivity index (χ4n) is 9.77. The minimum atomic E-state index is 0.649. The molecule has 54 heavy (non-hydrogen) atoms. The summed E-state index contributed by atoms with van der Waals surface area (Å²) in [4.78, 5) is 0. The van der Waals surface area contributed by atoms with Crippen LogP contribution in [0.15, 0.2) is 158 Å².